The van der Waals surface area contributed by atoms with Crippen LogP contribution in [0.3, 0.4) is 0 Å². The molecule has 0 radical (unpaired) electrons. The van der Waals surface area contributed by atoms with Gasteiger partial charge in [0, 0.05) is 13.2 Å². The number of hydrogen-bond acceptors (Lipinski definition) is 8. The number of hydrogen-bond donors (Lipinski definition) is 6. The van der Waals surface area contributed by atoms with Crippen molar-refractivity contribution < 1.29 is 20.1 Å². The van der Waals surface area contributed by atoms with Crippen molar-refractivity contribution in [2.24, 2.45) is 4.99 Å². The average Bonchev–Trinajstić information content (AvgIpc) is 2.43. The number of aromatic nitrogens is 2. The standard InChI is InChI=1S/C11H16N4O6/c16-3-1-6(18)7(19)5-13-9-8(12-2-4-17)10(20)15-11(21)14-9/h2,4,6-7,16,18-19H,1,3,5H2,(H3,13,14,15,20,21). The van der Waals surface area contributed by atoms with Gasteiger partial charge in [-0.1, -0.05) is 0 Å². The summed E-state index contributed by atoms with van der Waals surface area (Å²) >= 11 is 0. The van der Waals surface area contributed by atoms with Crippen molar-refractivity contribution in [2.45, 2.75) is 18.6 Å². The van der Waals surface area contributed by atoms with E-state index in [1.807, 2.05) is 4.98 Å². The highest BCUT2D eigenvalue weighted by Crippen LogP contribution is 2.14. The number of nitrogens with one attached hydrogen (secondary N) is 3. The largest absolute Gasteiger partial charge is 0.396 e. The Bertz CT molecular complexity index is 607. The van der Waals surface area contributed by atoms with E-state index in [-0.39, 0.29) is 31.1 Å². The number of aliphatic imine (C=N–C) groups is 1. The van der Waals surface area contributed by atoms with E-state index in [1.165, 1.54) is 0 Å². The summed E-state index contributed by atoms with van der Waals surface area (Å²) in [7, 11) is 0. The van der Waals surface area contributed by atoms with Gasteiger partial charge in [-0.15, -0.1) is 0 Å². The van der Waals surface area contributed by atoms with Crippen molar-refractivity contribution in [3.8, 4) is 0 Å². The van der Waals surface area contributed by atoms with Crippen LogP contribution in [0.25, 0.3) is 0 Å². The topological polar surface area (TPSA) is 168 Å². The Hall–Kier alpha value is -2.30. The predicted octanol–water partition coefficient (Wildman–Crippen LogP) is -2.52. The first-order chi connectivity index (χ1) is 9.99. The fourth-order valence-electron chi connectivity index (χ4n) is 1.50. The lowest BCUT2D eigenvalue weighted by Gasteiger charge is -2.18. The number of rotatable bonds is 8. The van der Waals surface area contributed by atoms with Gasteiger partial charge < -0.3 is 20.6 Å². The van der Waals surface area contributed by atoms with Crippen molar-refractivity contribution in [2.75, 3.05) is 18.5 Å². The number of H-pyrrole nitrogens is 2. The maximum absolute atomic E-state index is 11.6. The Morgan fingerprint density at radius 1 is 1.24 bits per heavy atom. The molecule has 1 aromatic heterocycles. The summed E-state index contributed by atoms with van der Waals surface area (Å²) in [6.45, 7) is -0.501. The summed E-state index contributed by atoms with van der Waals surface area (Å²) in [4.78, 5) is 40.8. The molecule has 0 aliphatic carbocycles. The fraction of sp³-hybridized carbons (Fsp3) is 0.455. The molecule has 0 fully saturated rings. The van der Waals surface area contributed by atoms with Crippen molar-refractivity contribution in [1.29, 1.82) is 0 Å². The van der Waals surface area contributed by atoms with Gasteiger partial charge in [0.1, 0.15) is 5.82 Å². The lowest BCUT2D eigenvalue weighted by molar-refractivity contribution is -0.102. The number of carbonyl (C=O) groups is 1. The zero-order valence-electron chi connectivity index (χ0n) is 10.9. The van der Waals surface area contributed by atoms with Crippen LogP contribution in [0.5, 0.6) is 0 Å². The third-order valence-corrected chi connectivity index (χ3v) is 2.54. The normalized spacial score (nSPS) is 14.0. The third kappa shape index (κ3) is 4.95. The van der Waals surface area contributed by atoms with E-state index in [4.69, 9.17) is 5.11 Å². The number of aliphatic hydroxyl groups is 3. The van der Waals surface area contributed by atoms with Crippen molar-refractivity contribution in [1.82, 2.24) is 9.97 Å². The molecule has 2 unspecified atom stereocenters. The minimum absolute atomic E-state index is 0.0229. The number of carbonyl (C=O) groups excluding carboxylic acids is 1. The van der Waals surface area contributed by atoms with Gasteiger partial charge in [-0.05, 0) is 6.42 Å². The molecule has 0 saturated heterocycles. The van der Waals surface area contributed by atoms with Gasteiger partial charge in [0.2, 0.25) is 0 Å². The van der Waals surface area contributed by atoms with E-state index in [2.05, 4.69) is 15.3 Å². The molecule has 0 amide bonds. The van der Waals surface area contributed by atoms with E-state index in [0.717, 1.165) is 6.21 Å². The molecular weight excluding hydrogens is 284 g/mol. The quantitative estimate of drug-likeness (QED) is 0.227. The molecule has 0 bridgehead atoms. The molecule has 0 aromatic carbocycles. The number of nitrogens with zero attached hydrogens (tertiary/aromatic N) is 1. The SMILES string of the molecule is O=CC=Nc1c(NCC(O)C(O)CCO)[nH]c(=O)[nH]c1=O. The molecular formula is C11H16N4O6. The van der Waals surface area contributed by atoms with Crippen molar-refractivity contribution in [3.63, 3.8) is 0 Å². The second-order valence-corrected chi connectivity index (χ2v) is 4.07. The Balaban J connectivity index is 2.92. The first-order valence-electron chi connectivity index (χ1n) is 6.05. The minimum atomic E-state index is -1.23. The summed E-state index contributed by atoms with van der Waals surface area (Å²) < 4.78 is 0. The number of anilines is 1. The van der Waals surface area contributed by atoms with Gasteiger partial charge >= 0.3 is 5.69 Å². The summed E-state index contributed by atoms with van der Waals surface area (Å²) in [5.41, 5.74) is -1.85. The predicted molar refractivity (Wildman–Crippen MR) is 74.1 cm³/mol. The second-order valence-electron chi connectivity index (χ2n) is 4.07. The number of aliphatic hydroxyl groups excluding tert-OH is 3. The van der Waals surface area contributed by atoms with E-state index < -0.39 is 23.5 Å². The van der Waals surface area contributed by atoms with Crippen LogP contribution in [0.15, 0.2) is 14.6 Å². The highest BCUT2D eigenvalue weighted by molar-refractivity contribution is 6.13. The third-order valence-electron chi connectivity index (χ3n) is 2.54. The van der Waals surface area contributed by atoms with Crippen LogP contribution in [0.4, 0.5) is 11.5 Å². The highest BCUT2D eigenvalue weighted by atomic mass is 16.3. The van der Waals surface area contributed by atoms with Gasteiger partial charge in [-0.25, -0.2) is 9.79 Å². The van der Waals surface area contributed by atoms with Crippen LogP contribution >= 0.6 is 0 Å². The first-order valence-corrected chi connectivity index (χ1v) is 6.05. The molecule has 10 heteroatoms. The lowest BCUT2D eigenvalue weighted by Crippen LogP contribution is -2.34. The monoisotopic (exact) mass is 300 g/mol. The van der Waals surface area contributed by atoms with E-state index in [1.54, 1.807) is 0 Å². The van der Waals surface area contributed by atoms with Gasteiger partial charge in [-0.2, -0.15) is 0 Å². The fourth-order valence-corrected chi connectivity index (χ4v) is 1.50. The molecule has 0 spiro atoms. The second kappa shape index (κ2) is 8.09. The maximum Gasteiger partial charge on any atom is 0.327 e. The van der Waals surface area contributed by atoms with E-state index in [0.29, 0.717) is 6.29 Å². The van der Waals surface area contributed by atoms with E-state index in [9.17, 15) is 24.6 Å². The molecule has 116 valence electrons. The van der Waals surface area contributed by atoms with Gasteiger partial charge in [-0.3, -0.25) is 19.6 Å². The van der Waals surface area contributed by atoms with Crippen molar-refractivity contribution in [3.05, 3.63) is 20.8 Å². The van der Waals surface area contributed by atoms with Crippen molar-refractivity contribution >= 4 is 24.0 Å². The molecule has 2 atom stereocenters. The van der Waals surface area contributed by atoms with Crippen LogP contribution in [0, 0.1) is 0 Å². The maximum atomic E-state index is 11.6. The van der Waals surface area contributed by atoms with Crippen LogP contribution in [0.1, 0.15) is 6.42 Å². The van der Waals surface area contributed by atoms with Crippen LogP contribution in [-0.4, -0.2) is 63.1 Å². The summed E-state index contributed by atoms with van der Waals surface area (Å²) in [5.74, 6) is -0.0999. The highest BCUT2D eigenvalue weighted by Gasteiger charge is 2.16. The Morgan fingerprint density at radius 2 is 1.95 bits per heavy atom. The first kappa shape index (κ1) is 16.8. The molecule has 1 aromatic rings. The molecule has 6 N–H and O–H groups in total. The lowest BCUT2D eigenvalue weighted by atomic mass is 10.1. The Morgan fingerprint density at radius 3 is 2.57 bits per heavy atom. The molecule has 21 heavy (non-hydrogen) atoms. The number of aldehydes is 1. The smallest absolute Gasteiger partial charge is 0.327 e. The molecule has 0 saturated carbocycles. The Labute approximate surface area is 118 Å². The summed E-state index contributed by atoms with van der Waals surface area (Å²) in [6.07, 6.45) is -1.24. The molecule has 10 nitrogen and oxygen atoms in total. The van der Waals surface area contributed by atoms with Crippen LogP contribution < -0.4 is 16.6 Å². The van der Waals surface area contributed by atoms with Gasteiger partial charge in [0.05, 0.1) is 18.4 Å². The number of aromatic amines is 2. The molecule has 0 aliphatic rings. The van der Waals surface area contributed by atoms with Crippen LogP contribution in [0.2, 0.25) is 0 Å². The summed E-state index contributed by atoms with van der Waals surface area (Å²) in [6, 6.07) is 0. The van der Waals surface area contributed by atoms with E-state index >= 15 is 0 Å². The zero-order valence-corrected chi connectivity index (χ0v) is 10.9. The molecule has 1 rings (SSSR count). The minimum Gasteiger partial charge on any atom is -0.396 e. The average molecular weight is 300 g/mol. The zero-order chi connectivity index (χ0) is 15.8. The summed E-state index contributed by atoms with van der Waals surface area (Å²) in [5, 5.41) is 30.3. The molecule has 1 heterocycles. The van der Waals surface area contributed by atoms with Gasteiger partial charge in [0.15, 0.2) is 12.0 Å². The molecule has 0 aliphatic heterocycles. The van der Waals surface area contributed by atoms with Crippen LogP contribution in [-0.2, 0) is 4.79 Å². The van der Waals surface area contributed by atoms with Gasteiger partial charge in [0.25, 0.3) is 5.56 Å². The Kier molecular flexibility index (Phi) is 6.46.